The average molecular weight is 713 g/mol. The summed E-state index contributed by atoms with van der Waals surface area (Å²) in [5.74, 6) is -2.92. The fourth-order valence-electron chi connectivity index (χ4n) is 5.28. The Morgan fingerprint density at radius 2 is 0.640 bits per heavy atom. The predicted molar refractivity (Wildman–Crippen MR) is 172 cm³/mol. The van der Waals surface area contributed by atoms with Gasteiger partial charge in [-0.25, -0.2) is 0 Å². The maximum Gasteiger partial charge on any atom is 0.283 e. The second-order valence-electron chi connectivity index (χ2n) is 13.3. The number of rotatable bonds is 8. The third-order valence-electron chi connectivity index (χ3n) is 8.12. The number of hydrogen-bond donors (Lipinski definition) is 0. The van der Waals surface area contributed by atoms with E-state index in [0.717, 1.165) is 21.0 Å². The highest BCUT2D eigenvalue weighted by molar-refractivity contribution is 5.64. The van der Waals surface area contributed by atoms with Crippen LogP contribution in [0.2, 0.25) is 0 Å². The summed E-state index contributed by atoms with van der Waals surface area (Å²) in [6, 6.07) is 3.30. The van der Waals surface area contributed by atoms with Crippen molar-refractivity contribution in [3.05, 3.63) is 85.0 Å². The van der Waals surface area contributed by atoms with Crippen molar-refractivity contribution in [1.29, 1.82) is 0 Å². The average Bonchev–Trinajstić information content (AvgIpc) is 2.98. The van der Waals surface area contributed by atoms with Crippen molar-refractivity contribution in [3.63, 3.8) is 0 Å². The first-order valence-corrected chi connectivity index (χ1v) is 15.1. The van der Waals surface area contributed by atoms with Crippen molar-refractivity contribution in [2.75, 3.05) is 42.3 Å². The van der Waals surface area contributed by atoms with E-state index in [0.29, 0.717) is 24.3 Å². The molecule has 0 amide bonds. The Morgan fingerprint density at radius 1 is 0.440 bits per heavy atom. The molecule has 0 spiro atoms. The summed E-state index contributed by atoms with van der Waals surface area (Å²) in [4.78, 5) is 55.0. The van der Waals surface area contributed by atoms with Crippen LogP contribution in [0.5, 0.6) is 11.5 Å². The van der Waals surface area contributed by atoms with Crippen LogP contribution in [0, 0.1) is 60.7 Å². The molecule has 50 heavy (non-hydrogen) atoms. The molecule has 0 saturated heterocycles. The summed E-state index contributed by atoms with van der Waals surface area (Å²) in [5.41, 5.74) is -6.53. The molecule has 1 aliphatic rings. The summed E-state index contributed by atoms with van der Waals surface area (Å²) in [5, 5.41) is 84.2. The molecule has 1 aliphatic carbocycles. The quantitative estimate of drug-likeness (QED) is 0.210. The lowest BCUT2D eigenvalue weighted by atomic mass is 9.92. The summed E-state index contributed by atoms with van der Waals surface area (Å²) in [6.45, 7) is 0. The minimum Gasteiger partial charge on any atom is -0.863 e. The Morgan fingerprint density at radius 3 is 0.780 bits per heavy atom. The van der Waals surface area contributed by atoms with Crippen molar-refractivity contribution in [3.8, 4) is 11.5 Å². The first kappa shape index (κ1) is 42.4. The van der Waals surface area contributed by atoms with E-state index in [1.807, 2.05) is 0 Å². The van der Waals surface area contributed by atoms with Gasteiger partial charge in [-0.1, -0.05) is 0 Å². The van der Waals surface area contributed by atoms with Crippen LogP contribution in [0.4, 0.5) is 34.1 Å². The zero-order valence-corrected chi connectivity index (χ0v) is 28.4. The van der Waals surface area contributed by atoms with Crippen LogP contribution in [0.1, 0.15) is 51.4 Å². The van der Waals surface area contributed by atoms with Crippen molar-refractivity contribution >= 4 is 34.1 Å². The first-order valence-electron chi connectivity index (χ1n) is 15.1. The summed E-state index contributed by atoms with van der Waals surface area (Å²) < 4.78 is 2.30. The lowest BCUT2D eigenvalue weighted by Crippen LogP contribution is -2.46. The number of nitro groups is 6. The van der Waals surface area contributed by atoms with E-state index < -0.39 is 75.2 Å². The van der Waals surface area contributed by atoms with E-state index in [1.165, 1.54) is 51.4 Å². The highest BCUT2D eigenvalue weighted by Crippen LogP contribution is 2.38. The SMILES string of the molecule is C[N+](C)(C)C1CCCCC([N+](C)(C)C)CCCC1.O=[N+]([O-])c1cc([N+](=O)[O-])c([O-])c([N+](=O)[O-])c1.O=[N+]([O-])c1cc([N+](=O)[O-])c([O-])c([N+](=O)[O-])c1. The van der Waals surface area contributed by atoms with Crippen LogP contribution >= 0.6 is 0 Å². The summed E-state index contributed by atoms with van der Waals surface area (Å²) in [6.07, 6.45) is 11.4. The number of hydrogen-bond acceptors (Lipinski definition) is 14. The molecule has 0 aromatic heterocycles. The normalized spacial score (nSPS) is 16.7. The number of nitro benzene ring substituents is 6. The highest BCUT2D eigenvalue weighted by atomic mass is 16.7. The lowest BCUT2D eigenvalue weighted by Gasteiger charge is -2.37. The molecule has 0 unspecified atom stereocenters. The van der Waals surface area contributed by atoms with Crippen LogP contribution < -0.4 is 10.2 Å². The minimum atomic E-state index is -1.46. The fourth-order valence-corrected chi connectivity index (χ4v) is 5.28. The molecule has 0 radical (unpaired) electrons. The molecular weight excluding hydrogens is 672 g/mol. The van der Waals surface area contributed by atoms with Crippen LogP contribution in [0.3, 0.4) is 0 Å². The smallest absolute Gasteiger partial charge is 0.283 e. The number of quaternary nitrogens is 2. The zero-order valence-electron chi connectivity index (χ0n) is 28.4. The molecule has 2 aromatic rings. The van der Waals surface area contributed by atoms with Crippen molar-refractivity contribution in [2.45, 2.75) is 63.5 Å². The maximum absolute atomic E-state index is 11.1. The molecule has 3 rings (SSSR count). The van der Waals surface area contributed by atoms with Gasteiger partial charge in [-0.3, -0.25) is 60.7 Å². The Labute approximate surface area is 285 Å². The standard InChI is InChI=1S/C16H36N2.2C6H3N3O7/c1-17(2,3)15-11-7-9-13-16(18(4,5)6)14-10-8-12-15;2*10-6-4(8(13)14)1-3(7(11)12)2-5(6)9(15)16/h15-16H,7-14H2,1-6H3;2*1-2,10H/q+2;;/p-2. The molecule has 0 heterocycles. The van der Waals surface area contributed by atoms with Gasteiger partial charge in [0.05, 0.1) is 120 Å². The van der Waals surface area contributed by atoms with Gasteiger partial charge in [0.15, 0.2) is 0 Å². The molecule has 0 N–H and O–H groups in total. The molecule has 2 aromatic carbocycles. The molecule has 1 saturated carbocycles. The van der Waals surface area contributed by atoms with E-state index >= 15 is 0 Å². The van der Waals surface area contributed by atoms with Gasteiger partial charge >= 0.3 is 0 Å². The largest absolute Gasteiger partial charge is 0.863 e. The van der Waals surface area contributed by atoms with E-state index in [4.69, 9.17) is 0 Å². The van der Waals surface area contributed by atoms with Gasteiger partial charge in [0.2, 0.25) is 0 Å². The van der Waals surface area contributed by atoms with E-state index in [1.54, 1.807) is 0 Å². The maximum atomic E-state index is 11.1. The predicted octanol–water partition coefficient (Wildman–Crippen LogP) is 4.24. The highest BCUT2D eigenvalue weighted by Gasteiger charge is 2.28. The lowest BCUT2D eigenvalue weighted by molar-refractivity contribution is -0.898. The Bertz CT molecular complexity index is 1400. The molecule has 276 valence electrons. The van der Waals surface area contributed by atoms with Gasteiger partial charge in [0.25, 0.3) is 34.1 Å². The Balaban J connectivity index is 0.000000376. The molecule has 1 fully saturated rings. The van der Waals surface area contributed by atoms with Crippen molar-refractivity contribution in [2.24, 2.45) is 0 Å². The topological polar surface area (TPSA) is 305 Å². The van der Waals surface area contributed by atoms with Crippen LogP contribution in [0.15, 0.2) is 24.3 Å². The van der Waals surface area contributed by atoms with Gasteiger partial charge in [-0.2, -0.15) is 0 Å². The number of benzene rings is 2. The summed E-state index contributed by atoms with van der Waals surface area (Å²) >= 11 is 0. The molecular formula is C28H40N8O14. The minimum absolute atomic E-state index is 0.384. The zero-order chi connectivity index (χ0) is 38.7. The van der Waals surface area contributed by atoms with E-state index in [2.05, 4.69) is 42.3 Å². The first-order chi connectivity index (χ1) is 22.9. The fraction of sp³-hybridized carbons (Fsp3) is 0.571. The number of nitrogens with zero attached hydrogens (tertiary/aromatic N) is 8. The van der Waals surface area contributed by atoms with E-state index in [-0.39, 0.29) is 0 Å². The third kappa shape index (κ3) is 12.4. The van der Waals surface area contributed by atoms with Crippen molar-refractivity contribution < 1.29 is 48.7 Å². The monoisotopic (exact) mass is 712 g/mol. The Hall–Kier alpha value is -5.64. The van der Waals surface area contributed by atoms with Gasteiger partial charge < -0.3 is 19.2 Å². The van der Waals surface area contributed by atoms with Gasteiger partial charge in [-0.05, 0) is 51.4 Å². The van der Waals surface area contributed by atoms with Crippen LogP contribution in [-0.2, 0) is 0 Å². The number of non-ortho nitro benzene ring substituents is 2. The van der Waals surface area contributed by atoms with E-state index in [9.17, 15) is 70.9 Å². The van der Waals surface area contributed by atoms with Gasteiger partial charge in [0, 0.05) is 0 Å². The molecule has 22 nitrogen and oxygen atoms in total. The third-order valence-corrected chi connectivity index (χ3v) is 8.12. The van der Waals surface area contributed by atoms with Crippen LogP contribution in [-0.4, -0.2) is 92.9 Å². The van der Waals surface area contributed by atoms with Crippen molar-refractivity contribution in [1.82, 2.24) is 0 Å². The van der Waals surface area contributed by atoms with Gasteiger partial charge in [0.1, 0.15) is 0 Å². The summed E-state index contributed by atoms with van der Waals surface area (Å²) in [7, 11) is 14.2. The molecule has 22 heteroatoms. The van der Waals surface area contributed by atoms with Crippen LogP contribution in [0.25, 0.3) is 0 Å². The Kier molecular flexibility index (Phi) is 15.0. The molecule has 0 atom stereocenters. The molecule has 0 bridgehead atoms. The second kappa shape index (κ2) is 17.7. The molecule has 0 aliphatic heterocycles. The van der Waals surface area contributed by atoms with Gasteiger partial charge in [-0.15, -0.1) is 0 Å². The second-order valence-corrected chi connectivity index (χ2v) is 13.3.